The summed E-state index contributed by atoms with van der Waals surface area (Å²) < 4.78 is 4.72. The SMILES string of the molecule is O=C(CCC1NCOC1=O)c1ccc(O)cc1. The molecule has 0 aromatic heterocycles. The zero-order valence-electron chi connectivity index (χ0n) is 9.18. The van der Waals surface area contributed by atoms with Crippen LogP contribution in [0.15, 0.2) is 24.3 Å². The average Bonchev–Trinajstić information content (AvgIpc) is 2.73. The van der Waals surface area contributed by atoms with Crippen LogP contribution in [0, 0.1) is 0 Å². The van der Waals surface area contributed by atoms with Crippen molar-refractivity contribution in [3.8, 4) is 5.75 Å². The number of phenols is 1. The van der Waals surface area contributed by atoms with Gasteiger partial charge in [0.25, 0.3) is 0 Å². The maximum absolute atomic E-state index is 11.8. The van der Waals surface area contributed by atoms with Crippen LogP contribution in [0.1, 0.15) is 23.2 Å². The highest BCUT2D eigenvalue weighted by atomic mass is 16.6. The normalized spacial score (nSPS) is 19.1. The number of carbonyl (C=O) groups is 2. The molecule has 1 atom stereocenters. The number of benzene rings is 1. The lowest BCUT2D eigenvalue weighted by molar-refractivity contribution is -0.139. The number of carbonyl (C=O) groups excluding carboxylic acids is 2. The fourth-order valence-electron chi connectivity index (χ4n) is 1.68. The first-order valence-corrected chi connectivity index (χ1v) is 5.39. The van der Waals surface area contributed by atoms with Gasteiger partial charge in [0.05, 0.1) is 0 Å². The van der Waals surface area contributed by atoms with Gasteiger partial charge in [0.2, 0.25) is 0 Å². The van der Waals surface area contributed by atoms with Crippen LogP contribution >= 0.6 is 0 Å². The van der Waals surface area contributed by atoms with E-state index in [1.807, 2.05) is 0 Å². The highest BCUT2D eigenvalue weighted by Gasteiger charge is 2.26. The molecule has 2 N–H and O–H groups in total. The summed E-state index contributed by atoms with van der Waals surface area (Å²) >= 11 is 0. The van der Waals surface area contributed by atoms with E-state index in [2.05, 4.69) is 5.32 Å². The molecule has 1 aliphatic rings. The van der Waals surface area contributed by atoms with Crippen LogP contribution in [0.2, 0.25) is 0 Å². The van der Waals surface area contributed by atoms with Crippen molar-refractivity contribution in [3.05, 3.63) is 29.8 Å². The number of ketones is 1. The van der Waals surface area contributed by atoms with Gasteiger partial charge < -0.3 is 9.84 Å². The molecule has 0 spiro atoms. The van der Waals surface area contributed by atoms with E-state index in [1.165, 1.54) is 12.1 Å². The topological polar surface area (TPSA) is 75.6 Å². The van der Waals surface area contributed by atoms with Crippen LogP contribution in [0.3, 0.4) is 0 Å². The Labute approximate surface area is 98.4 Å². The fourth-order valence-corrected chi connectivity index (χ4v) is 1.68. The number of nitrogens with one attached hydrogen (secondary N) is 1. The van der Waals surface area contributed by atoms with Crippen molar-refractivity contribution in [1.29, 1.82) is 0 Å². The molecule has 0 radical (unpaired) electrons. The Morgan fingerprint density at radius 2 is 2.12 bits per heavy atom. The molecule has 1 aliphatic heterocycles. The molecule has 1 aromatic rings. The lowest BCUT2D eigenvalue weighted by Crippen LogP contribution is -2.27. The number of esters is 1. The highest BCUT2D eigenvalue weighted by molar-refractivity contribution is 5.96. The Morgan fingerprint density at radius 3 is 2.71 bits per heavy atom. The molecular weight excluding hydrogens is 222 g/mol. The quantitative estimate of drug-likeness (QED) is 0.597. The van der Waals surface area contributed by atoms with Gasteiger partial charge in [-0.1, -0.05) is 0 Å². The van der Waals surface area contributed by atoms with Gasteiger partial charge in [-0.15, -0.1) is 0 Å². The first kappa shape index (κ1) is 11.6. The number of ether oxygens (including phenoxy) is 1. The third-order valence-electron chi connectivity index (χ3n) is 2.68. The molecule has 1 fully saturated rings. The molecule has 1 heterocycles. The number of hydrogen-bond acceptors (Lipinski definition) is 5. The summed E-state index contributed by atoms with van der Waals surface area (Å²) in [7, 11) is 0. The third kappa shape index (κ3) is 2.82. The molecule has 0 bridgehead atoms. The lowest BCUT2D eigenvalue weighted by atomic mass is 10.0. The van der Waals surface area contributed by atoms with E-state index in [4.69, 9.17) is 9.84 Å². The molecule has 90 valence electrons. The van der Waals surface area contributed by atoms with Crippen molar-refractivity contribution in [1.82, 2.24) is 5.32 Å². The number of phenolic OH excluding ortho intramolecular Hbond substituents is 1. The van der Waals surface area contributed by atoms with Crippen molar-refractivity contribution in [2.75, 3.05) is 6.73 Å². The molecule has 1 unspecified atom stereocenters. The van der Waals surface area contributed by atoms with Crippen molar-refractivity contribution >= 4 is 11.8 Å². The second-order valence-electron chi connectivity index (χ2n) is 3.87. The molecule has 1 saturated heterocycles. The van der Waals surface area contributed by atoms with Gasteiger partial charge in [0, 0.05) is 12.0 Å². The van der Waals surface area contributed by atoms with Gasteiger partial charge in [0.15, 0.2) is 5.78 Å². The van der Waals surface area contributed by atoms with Crippen molar-refractivity contribution in [3.63, 3.8) is 0 Å². The smallest absolute Gasteiger partial charge is 0.324 e. The van der Waals surface area contributed by atoms with E-state index >= 15 is 0 Å². The number of hydrogen-bond donors (Lipinski definition) is 2. The van der Waals surface area contributed by atoms with Crippen LogP contribution in [0.4, 0.5) is 0 Å². The second-order valence-corrected chi connectivity index (χ2v) is 3.87. The summed E-state index contributed by atoms with van der Waals surface area (Å²) in [5.74, 6) is -0.224. The zero-order chi connectivity index (χ0) is 12.3. The van der Waals surface area contributed by atoms with E-state index < -0.39 is 0 Å². The second kappa shape index (κ2) is 4.97. The van der Waals surface area contributed by atoms with Crippen molar-refractivity contribution in [2.45, 2.75) is 18.9 Å². The maximum Gasteiger partial charge on any atom is 0.324 e. The summed E-state index contributed by atoms with van der Waals surface area (Å²) in [6.45, 7) is 0.219. The molecule has 1 aromatic carbocycles. The number of rotatable bonds is 4. The summed E-state index contributed by atoms with van der Waals surface area (Å²) in [6.07, 6.45) is 0.704. The fraction of sp³-hybridized carbons (Fsp3) is 0.333. The van der Waals surface area contributed by atoms with Crippen molar-refractivity contribution < 1.29 is 19.4 Å². The minimum Gasteiger partial charge on any atom is -0.508 e. The highest BCUT2D eigenvalue weighted by Crippen LogP contribution is 2.13. The summed E-state index contributed by atoms with van der Waals surface area (Å²) in [6, 6.07) is 5.69. The molecule has 17 heavy (non-hydrogen) atoms. The van der Waals surface area contributed by atoms with E-state index in [0.717, 1.165) is 0 Å². The molecule has 5 heteroatoms. The molecule has 5 nitrogen and oxygen atoms in total. The first-order chi connectivity index (χ1) is 8.16. The van der Waals surface area contributed by atoms with E-state index in [-0.39, 0.29) is 36.7 Å². The molecule has 0 amide bonds. The average molecular weight is 235 g/mol. The number of Topliss-reactive ketones (excluding diaryl/α,β-unsaturated/α-hetero) is 1. The van der Waals surface area contributed by atoms with Crippen LogP contribution in [0.5, 0.6) is 5.75 Å². The van der Waals surface area contributed by atoms with Crippen LogP contribution in [-0.2, 0) is 9.53 Å². The third-order valence-corrected chi connectivity index (χ3v) is 2.68. The lowest BCUT2D eigenvalue weighted by Gasteiger charge is -2.05. The monoisotopic (exact) mass is 235 g/mol. The van der Waals surface area contributed by atoms with Gasteiger partial charge in [-0.25, -0.2) is 0 Å². The van der Waals surface area contributed by atoms with Crippen LogP contribution in [0.25, 0.3) is 0 Å². The Hall–Kier alpha value is -1.88. The largest absolute Gasteiger partial charge is 0.508 e. The van der Waals surface area contributed by atoms with E-state index in [0.29, 0.717) is 12.0 Å². The molecule has 0 saturated carbocycles. The predicted octanol–water partition coefficient (Wildman–Crippen LogP) is 0.828. The minimum absolute atomic E-state index is 0.0495. The summed E-state index contributed by atoms with van der Waals surface area (Å²) in [4.78, 5) is 22.9. The molecule has 2 rings (SSSR count). The van der Waals surface area contributed by atoms with E-state index in [1.54, 1.807) is 12.1 Å². The Balaban J connectivity index is 1.89. The summed E-state index contributed by atoms with van der Waals surface area (Å²) in [5, 5.41) is 12.0. The van der Waals surface area contributed by atoms with Gasteiger partial charge in [-0.3, -0.25) is 14.9 Å². The number of aromatic hydroxyl groups is 1. The van der Waals surface area contributed by atoms with Gasteiger partial charge in [-0.05, 0) is 30.7 Å². The zero-order valence-corrected chi connectivity index (χ0v) is 9.18. The Kier molecular flexibility index (Phi) is 3.39. The Bertz CT molecular complexity index is 427. The van der Waals surface area contributed by atoms with Gasteiger partial charge in [-0.2, -0.15) is 0 Å². The molecular formula is C12H13NO4. The Morgan fingerprint density at radius 1 is 1.41 bits per heavy atom. The van der Waals surface area contributed by atoms with Crippen molar-refractivity contribution in [2.24, 2.45) is 0 Å². The van der Waals surface area contributed by atoms with Crippen LogP contribution < -0.4 is 5.32 Å². The summed E-state index contributed by atoms with van der Waals surface area (Å²) in [5.41, 5.74) is 0.536. The van der Waals surface area contributed by atoms with E-state index in [9.17, 15) is 9.59 Å². The van der Waals surface area contributed by atoms with Crippen LogP contribution in [-0.4, -0.2) is 29.6 Å². The van der Waals surface area contributed by atoms with Gasteiger partial charge >= 0.3 is 5.97 Å². The molecule has 0 aliphatic carbocycles. The minimum atomic E-state index is -0.379. The predicted molar refractivity (Wildman–Crippen MR) is 59.6 cm³/mol. The number of cyclic esters (lactones) is 1. The van der Waals surface area contributed by atoms with Gasteiger partial charge in [0.1, 0.15) is 18.5 Å². The maximum atomic E-state index is 11.8. The first-order valence-electron chi connectivity index (χ1n) is 5.39. The standard InChI is InChI=1S/C12H13NO4/c14-9-3-1-8(2-4-9)11(15)6-5-10-12(16)17-7-13-10/h1-4,10,13-14H,5-7H2.